The molecule has 0 spiro atoms. The number of rotatable bonds is 13. The van der Waals surface area contributed by atoms with Crippen LogP contribution in [0.25, 0.3) is 0 Å². The van der Waals surface area contributed by atoms with Crippen LogP contribution in [0.3, 0.4) is 0 Å². The Balaban J connectivity index is 1.89. The quantitative estimate of drug-likeness (QED) is 0.304. The van der Waals surface area contributed by atoms with E-state index in [2.05, 4.69) is 29.9 Å². The lowest BCUT2D eigenvalue weighted by atomic mass is 10.1. The van der Waals surface area contributed by atoms with Gasteiger partial charge in [0, 0.05) is 18.8 Å². The van der Waals surface area contributed by atoms with Crippen LogP contribution in [0.15, 0.2) is 47.4 Å². The van der Waals surface area contributed by atoms with Crippen molar-refractivity contribution in [1.82, 2.24) is 5.32 Å². The molecule has 0 saturated carbocycles. The van der Waals surface area contributed by atoms with Crippen LogP contribution in [0, 0.1) is 0 Å². The second-order valence-electron chi connectivity index (χ2n) is 6.73. The fraction of sp³-hybridized carbons (Fsp3) is 0.500. The van der Waals surface area contributed by atoms with Crippen LogP contribution >= 0.6 is 0 Å². The van der Waals surface area contributed by atoms with Crippen LogP contribution in [0.2, 0.25) is 0 Å². The number of aliphatic hydroxyl groups excluding tert-OH is 1. The Labute approximate surface area is 167 Å². The molecule has 1 aromatic rings. The number of nitrogens with one attached hydrogen (secondary N) is 1. The zero-order valence-electron chi connectivity index (χ0n) is 16.9. The van der Waals surface area contributed by atoms with Gasteiger partial charge in [-0.15, -0.1) is 0 Å². The van der Waals surface area contributed by atoms with Gasteiger partial charge in [0.05, 0.1) is 18.5 Å². The number of ether oxygens (including phenoxy) is 3. The Morgan fingerprint density at radius 1 is 1.36 bits per heavy atom. The first-order valence-electron chi connectivity index (χ1n) is 9.91. The zero-order chi connectivity index (χ0) is 20.2. The van der Waals surface area contributed by atoms with Gasteiger partial charge in [0.1, 0.15) is 0 Å². The highest BCUT2D eigenvalue weighted by Crippen LogP contribution is 2.32. The van der Waals surface area contributed by atoms with Gasteiger partial charge in [-0.3, -0.25) is 4.99 Å². The molecule has 154 valence electrons. The van der Waals surface area contributed by atoms with Crippen LogP contribution in [-0.2, 0) is 11.2 Å². The van der Waals surface area contributed by atoms with Crippen molar-refractivity contribution in [2.45, 2.75) is 52.0 Å². The van der Waals surface area contributed by atoms with Crippen molar-refractivity contribution < 1.29 is 19.3 Å². The fourth-order valence-electron chi connectivity index (χ4n) is 3.09. The number of nitrogens with zero attached hydrogens (tertiary/aromatic N) is 1. The Kier molecular flexibility index (Phi) is 9.42. The molecule has 6 heteroatoms. The largest absolute Gasteiger partial charge is 0.490 e. The predicted octanol–water partition coefficient (Wildman–Crippen LogP) is 3.95. The van der Waals surface area contributed by atoms with E-state index in [0.717, 1.165) is 42.9 Å². The highest BCUT2D eigenvalue weighted by atomic mass is 16.7. The van der Waals surface area contributed by atoms with E-state index in [4.69, 9.17) is 14.2 Å². The normalized spacial score (nSPS) is 14.7. The summed E-state index contributed by atoms with van der Waals surface area (Å²) in [6.45, 7) is 8.77. The summed E-state index contributed by atoms with van der Waals surface area (Å²) in [6.07, 6.45) is 7.68. The average Bonchev–Trinajstić information content (AvgIpc) is 3.15. The Morgan fingerprint density at radius 3 is 2.93 bits per heavy atom. The number of aryl methyl sites for hydroxylation is 1. The molecule has 0 aromatic heterocycles. The van der Waals surface area contributed by atoms with Crippen molar-refractivity contribution in [3.63, 3.8) is 0 Å². The van der Waals surface area contributed by atoms with Gasteiger partial charge in [-0.2, -0.15) is 0 Å². The van der Waals surface area contributed by atoms with E-state index in [1.54, 1.807) is 6.21 Å². The van der Waals surface area contributed by atoms with Gasteiger partial charge >= 0.3 is 0 Å². The first-order valence-corrected chi connectivity index (χ1v) is 9.91. The van der Waals surface area contributed by atoms with E-state index < -0.39 is 0 Å². The second kappa shape index (κ2) is 12.1. The molecule has 0 unspecified atom stereocenters. The molecule has 28 heavy (non-hydrogen) atoms. The van der Waals surface area contributed by atoms with E-state index in [0.29, 0.717) is 25.6 Å². The Bertz CT molecular complexity index is 679. The summed E-state index contributed by atoms with van der Waals surface area (Å²) in [5.41, 5.74) is 2.11. The maximum Gasteiger partial charge on any atom is 0.231 e. The van der Waals surface area contributed by atoms with Crippen LogP contribution in [-0.4, -0.2) is 37.4 Å². The molecule has 2 rings (SSSR count). The van der Waals surface area contributed by atoms with Crippen molar-refractivity contribution in [2.24, 2.45) is 4.99 Å². The van der Waals surface area contributed by atoms with Gasteiger partial charge in [-0.1, -0.05) is 26.0 Å². The molecule has 1 aromatic carbocycles. The van der Waals surface area contributed by atoms with E-state index >= 15 is 0 Å². The molecule has 1 heterocycles. The van der Waals surface area contributed by atoms with Crippen molar-refractivity contribution in [1.29, 1.82) is 0 Å². The van der Waals surface area contributed by atoms with Gasteiger partial charge < -0.3 is 24.6 Å². The van der Waals surface area contributed by atoms with Crippen molar-refractivity contribution in [3.05, 3.63) is 48.0 Å². The molecule has 6 nitrogen and oxygen atoms in total. The molecule has 0 aliphatic carbocycles. The molecule has 0 radical (unpaired) electrons. The number of benzene rings is 1. The SMILES string of the molecule is C=CN=C/C(OCCCc1ccc2c(c1)OCO2)=C(\C)N[C@@H](CCC)CCO. The first-order chi connectivity index (χ1) is 13.7. The van der Waals surface area contributed by atoms with Crippen molar-refractivity contribution >= 4 is 6.21 Å². The van der Waals surface area contributed by atoms with Gasteiger partial charge in [0.25, 0.3) is 0 Å². The standard InChI is InChI=1S/C22H32N2O4/c1-4-7-19(11-12-25)24-17(3)22(15-23-5-2)26-13-6-8-18-9-10-20-21(14-18)28-16-27-20/h5,9-10,14-15,19,24-25H,2,4,6-8,11-13,16H2,1,3H3/b22-17-,23-15?/t19-/m0/s1. The van der Waals surface area contributed by atoms with Crippen LogP contribution in [0.4, 0.5) is 0 Å². The Hall–Kier alpha value is -2.47. The number of allylic oxidation sites excluding steroid dienone is 2. The van der Waals surface area contributed by atoms with Crippen LogP contribution < -0.4 is 14.8 Å². The summed E-state index contributed by atoms with van der Waals surface area (Å²) in [5.74, 6) is 2.31. The smallest absolute Gasteiger partial charge is 0.231 e. The lowest BCUT2D eigenvalue weighted by molar-refractivity contribution is 0.174. The number of hydrogen-bond acceptors (Lipinski definition) is 6. The van der Waals surface area contributed by atoms with E-state index in [-0.39, 0.29) is 12.6 Å². The van der Waals surface area contributed by atoms with E-state index in [9.17, 15) is 5.11 Å². The van der Waals surface area contributed by atoms with Crippen molar-refractivity contribution in [3.8, 4) is 11.5 Å². The maximum atomic E-state index is 9.25. The second-order valence-corrected chi connectivity index (χ2v) is 6.73. The molecule has 0 saturated heterocycles. The summed E-state index contributed by atoms with van der Waals surface area (Å²) in [4.78, 5) is 4.10. The minimum Gasteiger partial charge on any atom is -0.490 e. The van der Waals surface area contributed by atoms with Crippen LogP contribution in [0.1, 0.15) is 45.1 Å². The third-order valence-corrected chi connectivity index (χ3v) is 4.51. The molecule has 0 bridgehead atoms. The predicted molar refractivity (Wildman–Crippen MR) is 112 cm³/mol. The fourth-order valence-corrected chi connectivity index (χ4v) is 3.09. The maximum absolute atomic E-state index is 9.25. The highest BCUT2D eigenvalue weighted by Gasteiger charge is 2.13. The Morgan fingerprint density at radius 2 is 2.18 bits per heavy atom. The number of hydrogen-bond donors (Lipinski definition) is 2. The first kappa shape index (κ1) is 21.8. The molecule has 0 amide bonds. The lowest BCUT2D eigenvalue weighted by Gasteiger charge is -2.20. The van der Waals surface area contributed by atoms with Gasteiger partial charge in [0.15, 0.2) is 17.3 Å². The third-order valence-electron chi connectivity index (χ3n) is 4.51. The average molecular weight is 389 g/mol. The number of aliphatic hydroxyl groups is 1. The molecule has 1 aliphatic heterocycles. The van der Waals surface area contributed by atoms with Crippen molar-refractivity contribution in [2.75, 3.05) is 20.0 Å². The summed E-state index contributed by atoms with van der Waals surface area (Å²) in [6, 6.07) is 6.25. The molecule has 0 fully saturated rings. The molecule has 1 aliphatic rings. The summed E-state index contributed by atoms with van der Waals surface area (Å²) in [5, 5.41) is 12.7. The monoisotopic (exact) mass is 388 g/mol. The zero-order valence-corrected chi connectivity index (χ0v) is 16.9. The topological polar surface area (TPSA) is 72.3 Å². The number of aliphatic imine (C=N–C) groups is 1. The third kappa shape index (κ3) is 6.93. The lowest BCUT2D eigenvalue weighted by Crippen LogP contribution is -2.29. The highest BCUT2D eigenvalue weighted by molar-refractivity contribution is 5.77. The number of fused-ring (bicyclic) bond motifs is 1. The molecular formula is C22H32N2O4. The minimum atomic E-state index is 0.164. The summed E-state index contributed by atoms with van der Waals surface area (Å²) < 4.78 is 16.7. The van der Waals surface area contributed by atoms with Gasteiger partial charge in [-0.05, 0) is 50.3 Å². The summed E-state index contributed by atoms with van der Waals surface area (Å²) in [7, 11) is 0. The van der Waals surface area contributed by atoms with Gasteiger partial charge in [-0.25, -0.2) is 0 Å². The summed E-state index contributed by atoms with van der Waals surface area (Å²) >= 11 is 0. The molecule has 1 atom stereocenters. The molecule has 2 N–H and O–H groups in total. The molecular weight excluding hydrogens is 356 g/mol. The van der Waals surface area contributed by atoms with E-state index in [1.165, 1.54) is 11.8 Å². The van der Waals surface area contributed by atoms with E-state index in [1.807, 2.05) is 19.1 Å². The minimum absolute atomic E-state index is 0.164. The van der Waals surface area contributed by atoms with Gasteiger partial charge in [0.2, 0.25) is 6.79 Å². The van der Waals surface area contributed by atoms with Crippen LogP contribution in [0.5, 0.6) is 11.5 Å².